The lowest BCUT2D eigenvalue weighted by Crippen LogP contribution is -2.24. The third-order valence-electron chi connectivity index (χ3n) is 3.30. The lowest BCUT2D eigenvalue weighted by molar-refractivity contribution is 0.171. The van der Waals surface area contributed by atoms with Gasteiger partial charge in [-0.3, -0.25) is 5.43 Å². The zero-order valence-corrected chi connectivity index (χ0v) is 13.9. The highest BCUT2D eigenvalue weighted by molar-refractivity contribution is 7.80. The summed E-state index contributed by atoms with van der Waals surface area (Å²) in [6, 6.07) is 13.1. The first-order valence-electron chi connectivity index (χ1n) is 7.39. The van der Waals surface area contributed by atoms with Crippen LogP contribution in [0.4, 0.5) is 5.69 Å². The Morgan fingerprint density at radius 2 is 1.96 bits per heavy atom. The Balaban J connectivity index is 1.59. The zero-order chi connectivity index (χ0) is 16.8. The molecule has 0 atom stereocenters. The molecule has 2 aromatic rings. The summed E-state index contributed by atoms with van der Waals surface area (Å²) in [6.07, 6.45) is 1.66. The number of rotatable bonds is 4. The summed E-state index contributed by atoms with van der Waals surface area (Å²) in [5.41, 5.74) is 4.42. The number of para-hydroxylation sites is 2. The molecule has 0 bridgehead atoms. The molecule has 0 spiro atoms. The van der Waals surface area contributed by atoms with E-state index in [2.05, 4.69) is 15.8 Å². The molecule has 0 aliphatic carbocycles. The number of nitrogens with one attached hydrogen (secondary N) is 2. The molecule has 7 heteroatoms. The molecule has 1 aliphatic rings. The summed E-state index contributed by atoms with van der Waals surface area (Å²) in [4.78, 5) is 0. The summed E-state index contributed by atoms with van der Waals surface area (Å²) < 4.78 is 16.3. The number of benzene rings is 2. The highest BCUT2D eigenvalue weighted by atomic mass is 32.1. The van der Waals surface area contributed by atoms with E-state index in [4.69, 9.17) is 26.4 Å². The van der Waals surface area contributed by atoms with Crippen molar-refractivity contribution < 1.29 is 14.2 Å². The maximum absolute atomic E-state index is 5.54. The van der Waals surface area contributed by atoms with Gasteiger partial charge in [-0.15, -0.1) is 0 Å². The van der Waals surface area contributed by atoms with E-state index >= 15 is 0 Å². The normalized spacial score (nSPS) is 12.7. The van der Waals surface area contributed by atoms with Crippen molar-refractivity contribution >= 4 is 29.2 Å². The molecule has 124 valence electrons. The molecule has 1 heterocycles. The number of methoxy groups -OCH3 is 1. The highest BCUT2D eigenvalue weighted by Crippen LogP contribution is 2.30. The van der Waals surface area contributed by atoms with Gasteiger partial charge in [-0.1, -0.05) is 12.1 Å². The summed E-state index contributed by atoms with van der Waals surface area (Å²) in [7, 11) is 1.61. The summed E-state index contributed by atoms with van der Waals surface area (Å²) >= 11 is 5.22. The van der Waals surface area contributed by atoms with E-state index in [1.54, 1.807) is 13.3 Å². The summed E-state index contributed by atoms with van der Waals surface area (Å²) in [6.45, 7) is 1.13. The van der Waals surface area contributed by atoms with Gasteiger partial charge in [-0.2, -0.15) is 5.10 Å². The standard InChI is InChI=1S/C17H17N3O3S/c1-21-14-5-3-2-4-13(14)19-17(24)20-18-11-12-6-7-15-16(10-12)23-9-8-22-15/h2-7,10-11H,8-9H2,1H3,(H2,19,20,24). The van der Waals surface area contributed by atoms with E-state index in [-0.39, 0.29) is 0 Å². The average Bonchev–Trinajstić information content (AvgIpc) is 2.62. The predicted molar refractivity (Wildman–Crippen MR) is 97.4 cm³/mol. The first-order chi connectivity index (χ1) is 11.8. The second-order valence-electron chi connectivity index (χ2n) is 4.93. The first-order valence-corrected chi connectivity index (χ1v) is 7.80. The number of hydrogen-bond donors (Lipinski definition) is 2. The molecule has 1 aliphatic heterocycles. The van der Waals surface area contributed by atoms with Crippen molar-refractivity contribution in [2.45, 2.75) is 0 Å². The van der Waals surface area contributed by atoms with Crippen molar-refractivity contribution in [2.75, 3.05) is 25.6 Å². The molecular formula is C17H17N3O3S. The van der Waals surface area contributed by atoms with Crippen LogP contribution in [0.2, 0.25) is 0 Å². The fraction of sp³-hybridized carbons (Fsp3) is 0.176. The molecule has 0 unspecified atom stereocenters. The van der Waals surface area contributed by atoms with Gasteiger partial charge in [0.25, 0.3) is 0 Å². The first kappa shape index (κ1) is 16.1. The second kappa shape index (κ2) is 7.65. The van der Waals surface area contributed by atoms with Gasteiger partial charge in [0.15, 0.2) is 16.6 Å². The molecule has 0 saturated carbocycles. The van der Waals surface area contributed by atoms with Crippen LogP contribution in [0.5, 0.6) is 17.2 Å². The van der Waals surface area contributed by atoms with Crippen molar-refractivity contribution in [3.63, 3.8) is 0 Å². The Morgan fingerprint density at radius 1 is 1.17 bits per heavy atom. The van der Waals surface area contributed by atoms with Crippen LogP contribution in [0, 0.1) is 0 Å². The average molecular weight is 343 g/mol. The predicted octanol–water partition coefficient (Wildman–Crippen LogP) is 2.79. The van der Waals surface area contributed by atoms with Crippen molar-refractivity contribution in [2.24, 2.45) is 5.10 Å². The number of hydrazone groups is 1. The van der Waals surface area contributed by atoms with E-state index in [0.29, 0.717) is 24.1 Å². The van der Waals surface area contributed by atoms with Crippen LogP contribution in [0.1, 0.15) is 5.56 Å². The number of anilines is 1. The molecule has 2 N–H and O–H groups in total. The number of fused-ring (bicyclic) bond motifs is 1. The second-order valence-corrected chi connectivity index (χ2v) is 5.34. The number of ether oxygens (including phenoxy) is 3. The van der Waals surface area contributed by atoms with Crippen LogP contribution >= 0.6 is 12.2 Å². The SMILES string of the molecule is COc1ccccc1NC(=S)NN=Cc1ccc2c(c1)OCCO2. The quantitative estimate of drug-likeness (QED) is 0.506. The van der Waals surface area contributed by atoms with Gasteiger partial charge in [0.05, 0.1) is 19.0 Å². The Labute approximate surface area is 145 Å². The van der Waals surface area contributed by atoms with Gasteiger partial charge >= 0.3 is 0 Å². The topological polar surface area (TPSA) is 64.1 Å². The van der Waals surface area contributed by atoms with E-state index in [9.17, 15) is 0 Å². The Hall–Kier alpha value is -2.80. The van der Waals surface area contributed by atoms with Gasteiger partial charge in [-0.05, 0) is 48.1 Å². The van der Waals surface area contributed by atoms with Crippen LogP contribution in [0.3, 0.4) is 0 Å². The summed E-state index contributed by atoms with van der Waals surface area (Å²) in [5.74, 6) is 2.18. The number of nitrogens with zero attached hydrogens (tertiary/aromatic N) is 1. The van der Waals surface area contributed by atoms with Crippen molar-refractivity contribution in [1.82, 2.24) is 5.43 Å². The fourth-order valence-corrected chi connectivity index (χ4v) is 2.37. The van der Waals surface area contributed by atoms with Gasteiger partial charge in [-0.25, -0.2) is 0 Å². The largest absolute Gasteiger partial charge is 0.495 e. The van der Waals surface area contributed by atoms with Crippen LogP contribution in [0.15, 0.2) is 47.6 Å². The minimum Gasteiger partial charge on any atom is -0.495 e. The van der Waals surface area contributed by atoms with Gasteiger partial charge < -0.3 is 19.5 Å². The molecule has 24 heavy (non-hydrogen) atoms. The van der Waals surface area contributed by atoms with E-state index < -0.39 is 0 Å². The molecule has 3 rings (SSSR count). The molecule has 0 aromatic heterocycles. The molecule has 0 radical (unpaired) electrons. The smallest absolute Gasteiger partial charge is 0.191 e. The van der Waals surface area contributed by atoms with E-state index in [0.717, 1.165) is 22.7 Å². The fourth-order valence-electron chi connectivity index (χ4n) is 2.20. The van der Waals surface area contributed by atoms with Crippen LogP contribution in [-0.2, 0) is 0 Å². The van der Waals surface area contributed by atoms with Crippen LogP contribution in [0.25, 0.3) is 0 Å². The monoisotopic (exact) mass is 343 g/mol. The molecular weight excluding hydrogens is 326 g/mol. The molecule has 0 saturated heterocycles. The molecule has 0 fully saturated rings. The maximum Gasteiger partial charge on any atom is 0.191 e. The minimum atomic E-state index is 0.369. The third kappa shape index (κ3) is 3.94. The molecule has 2 aromatic carbocycles. The van der Waals surface area contributed by atoms with Crippen molar-refractivity contribution in [1.29, 1.82) is 0 Å². The summed E-state index contributed by atoms with van der Waals surface area (Å²) in [5, 5.41) is 7.53. The number of thiocarbonyl (C=S) groups is 1. The minimum absolute atomic E-state index is 0.369. The number of hydrogen-bond acceptors (Lipinski definition) is 5. The Kier molecular flexibility index (Phi) is 5.12. The third-order valence-corrected chi connectivity index (χ3v) is 3.49. The lowest BCUT2D eigenvalue weighted by atomic mass is 10.2. The van der Waals surface area contributed by atoms with Crippen LogP contribution in [-0.4, -0.2) is 31.7 Å². The lowest BCUT2D eigenvalue weighted by Gasteiger charge is -2.18. The van der Waals surface area contributed by atoms with Crippen molar-refractivity contribution in [3.8, 4) is 17.2 Å². The van der Waals surface area contributed by atoms with Crippen LogP contribution < -0.4 is 25.0 Å². The van der Waals surface area contributed by atoms with Gasteiger partial charge in [0, 0.05) is 0 Å². The van der Waals surface area contributed by atoms with E-state index in [1.165, 1.54) is 0 Å². The van der Waals surface area contributed by atoms with Crippen molar-refractivity contribution in [3.05, 3.63) is 48.0 Å². The zero-order valence-electron chi connectivity index (χ0n) is 13.1. The Bertz CT molecular complexity index is 764. The van der Waals surface area contributed by atoms with Gasteiger partial charge in [0.1, 0.15) is 19.0 Å². The van der Waals surface area contributed by atoms with E-state index in [1.807, 2.05) is 42.5 Å². The molecule has 6 nitrogen and oxygen atoms in total. The highest BCUT2D eigenvalue weighted by Gasteiger charge is 2.10. The molecule has 0 amide bonds. The van der Waals surface area contributed by atoms with Gasteiger partial charge in [0.2, 0.25) is 0 Å². The maximum atomic E-state index is 5.54. The Morgan fingerprint density at radius 3 is 2.79 bits per heavy atom.